The highest BCUT2D eigenvalue weighted by molar-refractivity contribution is 5.93. The zero-order chi connectivity index (χ0) is 28.3. The Kier molecular flexibility index (Phi) is 6.71. The molecule has 0 radical (unpaired) electrons. The fraction of sp³-hybridized carbons (Fsp3) is 0. The molecule has 2 heteroatoms. The van der Waals surface area contributed by atoms with Gasteiger partial charge in [0.25, 0.3) is 0 Å². The van der Waals surface area contributed by atoms with Gasteiger partial charge >= 0.3 is 0 Å². The molecule has 0 fully saturated rings. The van der Waals surface area contributed by atoms with Gasteiger partial charge in [-0.1, -0.05) is 122 Å². The summed E-state index contributed by atoms with van der Waals surface area (Å²) in [4.78, 5) is 4.66. The minimum atomic E-state index is 1.11. The van der Waals surface area contributed by atoms with Crippen LogP contribution in [0.25, 0.3) is 29.4 Å². The first kappa shape index (κ1) is 25.4. The van der Waals surface area contributed by atoms with Crippen LogP contribution >= 0.6 is 0 Å². The zero-order valence-electron chi connectivity index (χ0n) is 23.3. The maximum absolute atomic E-state index is 3.80. The molecule has 0 saturated heterocycles. The van der Waals surface area contributed by atoms with Gasteiger partial charge in [-0.05, 0) is 82.4 Å². The van der Waals surface area contributed by atoms with Crippen molar-refractivity contribution in [1.82, 2.24) is 0 Å². The van der Waals surface area contributed by atoms with Crippen molar-refractivity contribution >= 4 is 46.7 Å². The zero-order valence-corrected chi connectivity index (χ0v) is 23.3. The molecular weight excluding hydrogens is 508 g/mol. The Morgan fingerprint density at radius 1 is 0.429 bits per heavy atom. The largest absolute Gasteiger partial charge is 0.310 e. The molecule has 0 unspecified atom stereocenters. The third kappa shape index (κ3) is 4.70. The second-order valence-electron chi connectivity index (χ2n) is 10.3. The summed E-state index contributed by atoms with van der Waals surface area (Å²) in [6.07, 6.45) is 16.6. The molecule has 5 aromatic carbocycles. The number of anilines is 5. The average Bonchev–Trinajstić information content (AvgIpc) is 3.22. The average molecular weight is 539 g/mol. The summed E-state index contributed by atoms with van der Waals surface area (Å²) in [6.45, 7) is 3.80. The highest BCUT2D eigenvalue weighted by atomic mass is 15.2. The van der Waals surface area contributed by atoms with Crippen molar-refractivity contribution in [3.8, 4) is 11.1 Å². The maximum atomic E-state index is 3.80. The number of hydrogen-bond acceptors (Lipinski definition) is 2. The molecule has 0 amide bonds. The van der Waals surface area contributed by atoms with Gasteiger partial charge in [-0.15, -0.1) is 0 Å². The molecule has 2 aliphatic rings. The molecule has 2 aliphatic heterocycles. The van der Waals surface area contributed by atoms with Crippen LogP contribution in [0.15, 0.2) is 164 Å². The van der Waals surface area contributed by atoms with Gasteiger partial charge in [-0.2, -0.15) is 0 Å². The van der Waals surface area contributed by atoms with E-state index in [1.165, 1.54) is 44.9 Å². The molecule has 0 aromatic heterocycles. The van der Waals surface area contributed by atoms with Crippen molar-refractivity contribution in [2.24, 2.45) is 0 Å². The lowest BCUT2D eigenvalue weighted by molar-refractivity contribution is 1.19. The van der Waals surface area contributed by atoms with Gasteiger partial charge in [0.1, 0.15) is 0 Å². The predicted octanol–water partition coefficient (Wildman–Crippen LogP) is 11.1. The quantitative estimate of drug-likeness (QED) is 0.201. The minimum Gasteiger partial charge on any atom is -0.310 e. The Morgan fingerprint density at radius 3 is 1.36 bits per heavy atom. The SMILES string of the molecule is C=C/C=C\C=C1/C=Cc2ccccc2N1c1ccc(-c2ccc(N3c4ccccc4C=Cc4ccccc43)cc2)cc1. The summed E-state index contributed by atoms with van der Waals surface area (Å²) < 4.78 is 0. The Morgan fingerprint density at radius 2 is 0.857 bits per heavy atom. The van der Waals surface area contributed by atoms with Gasteiger partial charge in [0.05, 0.1) is 17.1 Å². The van der Waals surface area contributed by atoms with Crippen LogP contribution in [0.4, 0.5) is 28.4 Å². The van der Waals surface area contributed by atoms with Gasteiger partial charge in [0, 0.05) is 17.1 Å². The summed E-state index contributed by atoms with van der Waals surface area (Å²) in [5.74, 6) is 0. The van der Waals surface area contributed by atoms with Crippen LogP contribution in [-0.4, -0.2) is 0 Å². The van der Waals surface area contributed by atoms with Crippen LogP contribution in [0.2, 0.25) is 0 Å². The molecule has 0 saturated carbocycles. The first-order valence-corrected chi connectivity index (χ1v) is 14.2. The Bertz CT molecular complexity index is 1840. The lowest BCUT2D eigenvalue weighted by Crippen LogP contribution is -2.18. The van der Waals surface area contributed by atoms with E-state index in [9.17, 15) is 0 Å². The molecule has 2 nitrogen and oxygen atoms in total. The van der Waals surface area contributed by atoms with E-state index >= 15 is 0 Å². The number of hydrogen-bond donors (Lipinski definition) is 0. The fourth-order valence-electron chi connectivity index (χ4n) is 5.73. The molecule has 0 spiro atoms. The monoisotopic (exact) mass is 538 g/mol. The topological polar surface area (TPSA) is 6.48 Å². The van der Waals surface area contributed by atoms with Crippen LogP contribution in [-0.2, 0) is 0 Å². The number of benzene rings is 5. The molecule has 0 atom stereocenters. The normalized spacial score (nSPS) is 14.4. The maximum Gasteiger partial charge on any atom is 0.0534 e. The van der Waals surface area contributed by atoms with Gasteiger partial charge in [-0.25, -0.2) is 0 Å². The minimum absolute atomic E-state index is 1.11. The van der Waals surface area contributed by atoms with Crippen molar-refractivity contribution in [3.05, 3.63) is 181 Å². The van der Waals surface area contributed by atoms with E-state index in [1.54, 1.807) is 6.08 Å². The van der Waals surface area contributed by atoms with E-state index in [4.69, 9.17) is 0 Å². The third-order valence-corrected chi connectivity index (χ3v) is 7.77. The van der Waals surface area contributed by atoms with Crippen molar-refractivity contribution < 1.29 is 0 Å². The lowest BCUT2D eigenvalue weighted by Gasteiger charge is -2.30. The molecule has 7 rings (SSSR count). The number of fused-ring (bicyclic) bond motifs is 3. The summed E-state index contributed by atoms with van der Waals surface area (Å²) in [5, 5.41) is 0. The van der Waals surface area contributed by atoms with Gasteiger partial charge in [0.15, 0.2) is 0 Å². The van der Waals surface area contributed by atoms with E-state index in [2.05, 4.69) is 168 Å². The number of rotatable bonds is 5. The molecular formula is C40H30N2. The van der Waals surface area contributed by atoms with Crippen molar-refractivity contribution in [3.63, 3.8) is 0 Å². The number of allylic oxidation sites excluding steroid dienone is 5. The Balaban J connectivity index is 1.22. The summed E-state index contributed by atoms with van der Waals surface area (Å²) >= 11 is 0. The number of nitrogens with zero attached hydrogens (tertiary/aromatic N) is 2. The van der Waals surface area contributed by atoms with E-state index in [1.807, 2.05) is 12.2 Å². The molecule has 200 valence electrons. The highest BCUT2D eigenvalue weighted by Crippen LogP contribution is 2.42. The van der Waals surface area contributed by atoms with E-state index in [0.29, 0.717) is 0 Å². The van der Waals surface area contributed by atoms with Crippen LogP contribution in [0, 0.1) is 0 Å². The van der Waals surface area contributed by atoms with Gasteiger partial charge in [0.2, 0.25) is 0 Å². The first-order valence-electron chi connectivity index (χ1n) is 14.2. The van der Waals surface area contributed by atoms with Crippen molar-refractivity contribution in [1.29, 1.82) is 0 Å². The molecule has 0 N–H and O–H groups in total. The second-order valence-corrected chi connectivity index (χ2v) is 10.3. The highest BCUT2D eigenvalue weighted by Gasteiger charge is 2.20. The molecule has 42 heavy (non-hydrogen) atoms. The second kappa shape index (κ2) is 11.1. The molecule has 5 aromatic rings. The summed E-state index contributed by atoms with van der Waals surface area (Å²) in [7, 11) is 0. The summed E-state index contributed by atoms with van der Waals surface area (Å²) in [6, 6.07) is 43.4. The lowest BCUT2D eigenvalue weighted by atomic mass is 10.0. The van der Waals surface area contributed by atoms with E-state index < -0.39 is 0 Å². The van der Waals surface area contributed by atoms with Crippen LogP contribution in [0.3, 0.4) is 0 Å². The Hall–Kier alpha value is -5.60. The van der Waals surface area contributed by atoms with E-state index in [0.717, 1.165) is 17.1 Å². The van der Waals surface area contributed by atoms with Gasteiger partial charge in [-0.3, -0.25) is 0 Å². The predicted molar refractivity (Wildman–Crippen MR) is 181 cm³/mol. The van der Waals surface area contributed by atoms with E-state index in [-0.39, 0.29) is 0 Å². The standard InChI is InChI=1S/C40H30N2/c1-2-3-4-14-35-29-24-34-13-5-8-15-38(34)41(35)36-25-20-30(21-26-36)31-22-27-37(28-23-31)42-39-16-9-6-11-32(39)18-19-33-12-7-10-17-40(33)42/h2-29H,1H2/b4-3-,35-14+. The van der Waals surface area contributed by atoms with Crippen molar-refractivity contribution in [2.75, 3.05) is 9.80 Å². The van der Waals surface area contributed by atoms with Crippen LogP contribution in [0.5, 0.6) is 0 Å². The Labute approximate surface area is 247 Å². The van der Waals surface area contributed by atoms with Gasteiger partial charge < -0.3 is 9.80 Å². The molecule has 2 heterocycles. The number of para-hydroxylation sites is 3. The summed E-state index contributed by atoms with van der Waals surface area (Å²) in [5.41, 5.74) is 12.9. The van der Waals surface area contributed by atoms with Crippen LogP contribution in [0.1, 0.15) is 16.7 Å². The van der Waals surface area contributed by atoms with Crippen molar-refractivity contribution in [2.45, 2.75) is 0 Å². The fourth-order valence-corrected chi connectivity index (χ4v) is 5.73. The molecule has 0 bridgehead atoms. The molecule has 0 aliphatic carbocycles. The smallest absolute Gasteiger partial charge is 0.0534 e. The third-order valence-electron chi connectivity index (χ3n) is 7.77. The first-order chi connectivity index (χ1) is 20.8. The van der Waals surface area contributed by atoms with Crippen LogP contribution < -0.4 is 9.80 Å².